The number of nitrogens with zero attached hydrogens (tertiary/aromatic N) is 1. The molecule has 0 bridgehead atoms. The van der Waals surface area contributed by atoms with Gasteiger partial charge in [0.2, 0.25) is 0 Å². The van der Waals surface area contributed by atoms with E-state index in [0.717, 1.165) is 0 Å². The predicted octanol–water partition coefficient (Wildman–Crippen LogP) is 4.27. The Hall–Kier alpha value is -1.14. The highest BCUT2D eigenvalue weighted by Crippen LogP contribution is 2.36. The maximum Gasteiger partial charge on any atom is 0.410 e. The quantitative estimate of drug-likeness (QED) is 0.823. The van der Waals surface area contributed by atoms with E-state index in [1.165, 1.54) is 6.07 Å². The Morgan fingerprint density at radius 1 is 1.39 bits per heavy atom. The Balaban J connectivity index is 1.98. The molecular weight excluding hydrogens is 365 g/mol. The lowest BCUT2D eigenvalue weighted by atomic mass is 9.87. The van der Waals surface area contributed by atoms with Gasteiger partial charge in [-0.25, -0.2) is 9.18 Å². The highest BCUT2D eigenvalue weighted by Gasteiger charge is 2.32. The van der Waals surface area contributed by atoms with Crippen LogP contribution >= 0.6 is 15.9 Å². The molecule has 1 amide bonds. The maximum atomic E-state index is 14.0. The van der Waals surface area contributed by atoms with Crippen LogP contribution in [-0.2, 0) is 4.74 Å². The summed E-state index contributed by atoms with van der Waals surface area (Å²) in [5.74, 6) is -0.497. The average Bonchev–Trinajstić information content (AvgIpc) is 2.45. The van der Waals surface area contributed by atoms with Crippen molar-refractivity contribution < 1.29 is 19.0 Å². The number of benzene rings is 1. The van der Waals surface area contributed by atoms with Crippen LogP contribution in [0.5, 0.6) is 0 Å². The number of rotatable bonds is 2. The first-order valence-corrected chi connectivity index (χ1v) is 8.58. The molecule has 0 aromatic heterocycles. The zero-order valence-corrected chi connectivity index (χ0v) is 15.3. The fourth-order valence-corrected chi connectivity index (χ4v) is 3.33. The molecule has 1 aromatic rings. The molecule has 1 N–H and O–H groups in total. The Kier molecular flexibility index (Phi) is 5.68. The largest absolute Gasteiger partial charge is 0.444 e. The van der Waals surface area contributed by atoms with Crippen molar-refractivity contribution >= 4 is 22.0 Å². The molecule has 0 spiro atoms. The molecule has 128 valence electrons. The van der Waals surface area contributed by atoms with E-state index in [1.807, 2.05) is 20.8 Å². The van der Waals surface area contributed by atoms with Crippen LogP contribution in [0.3, 0.4) is 0 Å². The van der Waals surface area contributed by atoms with Crippen molar-refractivity contribution in [2.45, 2.75) is 45.3 Å². The van der Waals surface area contributed by atoms with Crippen LogP contribution in [0.1, 0.15) is 45.3 Å². The summed E-state index contributed by atoms with van der Waals surface area (Å²) in [6.07, 6.45) is 0.00594. The molecule has 1 heterocycles. The highest BCUT2D eigenvalue weighted by molar-refractivity contribution is 9.10. The van der Waals surface area contributed by atoms with Gasteiger partial charge in [0.25, 0.3) is 0 Å². The highest BCUT2D eigenvalue weighted by atomic mass is 79.9. The van der Waals surface area contributed by atoms with Crippen molar-refractivity contribution in [3.63, 3.8) is 0 Å². The number of likely N-dealkylation sites (tertiary alicyclic amines) is 1. The second kappa shape index (κ2) is 7.18. The van der Waals surface area contributed by atoms with E-state index in [0.29, 0.717) is 36.0 Å². The molecule has 0 unspecified atom stereocenters. The molecule has 4 nitrogen and oxygen atoms in total. The summed E-state index contributed by atoms with van der Waals surface area (Å²) >= 11 is 3.30. The number of carbonyl (C=O) groups is 1. The van der Waals surface area contributed by atoms with Gasteiger partial charge in [-0.2, -0.15) is 0 Å². The molecule has 1 aliphatic heterocycles. The van der Waals surface area contributed by atoms with Crippen LogP contribution in [0.25, 0.3) is 0 Å². The molecule has 2 rings (SSSR count). The summed E-state index contributed by atoms with van der Waals surface area (Å²) in [6.45, 7) is 6.50. The Morgan fingerprint density at radius 2 is 2.00 bits per heavy atom. The summed E-state index contributed by atoms with van der Waals surface area (Å²) in [7, 11) is 0. The lowest BCUT2D eigenvalue weighted by Gasteiger charge is -2.35. The molecule has 1 fully saturated rings. The lowest BCUT2D eigenvalue weighted by Crippen LogP contribution is -2.42. The van der Waals surface area contributed by atoms with Crippen molar-refractivity contribution in [2.75, 3.05) is 13.1 Å². The van der Waals surface area contributed by atoms with Gasteiger partial charge in [-0.1, -0.05) is 22.0 Å². The number of hydrogen-bond donors (Lipinski definition) is 1. The minimum atomic E-state index is -0.883. The smallest absolute Gasteiger partial charge is 0.410 e. The predicted molar refractivity (Wildman–Crippen MR) is 89.6 cm³/mol. The maximum absolute atomic E-state index is 14.0. The molecule has 6 heteroatoms. The van der Waals surface area contributed by atoms with Gasteiger partial charge in [-0.3, -0.25) is 0 Å². The molecule has 1 aromatic carbocycles. The number of amides is 1. The zero-order chi connectivity index (χ0) is 17.2. The van der Waals surface area contributed by atoms with Gasteiger partial charge < -0.3 is 14.7 Å². The Bertz CT molecular complexity index is 545. The summed E-state index contributed by atoms with van der Waals surface area (Å²) in [6, 6.07) is 4.66. The standard InChI is InChI=1S/C17H23BrFNO3/c1-17(2,3)23-16(22)20-9-7-11(8-10-20)15(21)14-12(18)5-4-6-13(14)19/h4-6,11,15,21H,7-10H2,1-3H3/t15-/m0/s1. The van der Waals surface area contributed by atoms with Crippen LogP contribution in [0.2, 0.25) is 0 Å². The second-order valence-corrected chi connectivity index (χ2v) is 7.74. The summed E-state index contributed by atoms with van der Waals surface area (Å²) in [5, 5.41) is 10.5. The van der Waals surface area contributed by atoms with Crippen LogP contribution in [0.15, 0.2) is 22.7 Å². The summed E-state index contributed by atoms with van der Waals surface area (Å²) in [5.41, 5.74) is -0.228. The number of ether oxygens (including phenoxy) is 1. The average molecular weight is 388 g/mol. The van der Waals surface area contributed by atoms with E-state index in [9.17, 15) is 14.3 Å². The molecule has 1 aliphatic rings. The van der Waals surface area contributed by atoms with Gasteiger partial charge in [-0.15, -0.1) is 0 Å². The molecule has 1 atom stereocenters. The zero-order valence-electron chi connectivity index (χ0n) is 13.7. The molecule has 0 aliphatic carbocycles. The molecule has 1 saturated heterocycles. The van der Waals surface area contributed by atoms with Crippen molar-refractivity contribution in [1.82, 2.24) is 4.90 Å². The Labute approximate surface area is 144 Å². The molecule has 23 heavy (non-hydrogen) atoms. The van der Waals surface area contributed by atoms with Gasteiger partial charge in [0.1, 0.15) is 11.4 Å². The van der Waals surface area contributed by atoms with Crippen LogP contribution in [0, 0.1) is 11.7 Å². The first kappa shape index (κ1) is 18.2. The minimum absolute atomic E-state index is 0.0816. The monoisotopic (exact) mass is 387 g/mol. The normalized spacial score (nSPS) is 17.9. The number of halogens is 2. The number of carbonyl (C=O) groups excluding carboxylic acids is 1. The Morgan fingerprint density at radius 3 is 2.52 bits per heavy atom. The van der Waals surface area contributed by atoms with Crippen molar-refractivity contribution in [1.29, 1.82) is 0 Å². The third kappa shape index (κ3) is 4.67. The van der Waals surface area contributed by atoms with Crippen molar-refractivity contribution in [3.8, 4) is 0 Å². The van der Waals surface area contributed by atoms with Gasteiger partial charge in [0.15, 0.2) is 0 Å². The fourth-order valence-electron chi connectivity index (χ4n) is 2.75. The third-order valence-electron chi connectivity index (χ3n) is 3.93. The van der Waals surface area contributed by atoms with Crippen LogP contribution in [-0.4, -0.2) is 34.8 Å². The van der Waals surface area contributed by atoms with Gasteiger partial charge >= 0.3 is 6.09 Å². The number of aliphatic hydroxyl groups excluding tert-OH is 1. The molecule has 0 radical (unpaired) electrons. The summed E-state index contributed by atoms with van der Waals surface area (Å²) in [4.78, 5) is 13.7. The van der Waals surface area contributed by atoms with E-state index in [1.54, 1.807) is 17.0 Å². The van der Waals surface area contributed by atoms with Gasteiger partial charge in [0, 0.05) is 23.1 Å². The fraction of sp³-hybridized carbons (Fsp3) is 0.588. The topological polar surface area (TPSA) is 49.8 Å². The lowest BCUT2D eigenvalue weighted by molar-refractivity contribution is 0.00712. The van der Waals surface area contributed by atoms with E-state index in [-0.39, 0.29) is 12.0 Å². The molecular formula is C17H23BrFNO3. The van der Waals surface area contributed by atoms with E-state index < -0.39 is 17.5 Å². The third-order valence-corrected chi connectivity index (χ3v) is 4.62. The summed E-state index contributed by atoms with van der Waals surface area (Å²) < 4.78 is 19.9. The van der Waals surface area contributed by atoms with Crippen molar-refractivity contribution in [2.24, 2.45) is 5.92 Å². The molecule has 0 saturated carbocycles. The van der Waals surface area contributed by atoms with Gasteiger partial charge in [0.05, 0.1) is 6.10 Å². The number of piperidine rings is 1. The SMILES string of the molecule is CC(C)(C)OC(=O)N1CCC([C@H](O)c2c(F)cccc2Br)CC1. The number of aliphatic hydroxyl groups is 1. The van der Waals surface area contributed by atoms with Crippen molar-refractivity contribution in [3.05, 3.63) is 34.1 Å². The van der Waals surface area contributed by atoms with Crippen LogP contribution in [0.4, 0.5) is 9.18 Å². The van der Waals surface area contributed by atoms with E-state index >= 15 is 0 Å². The minimum Gasteiger partial charge on any atom is -0.444 e. The first-order chi connectivity index (χ1) is 10.7. The number of hydrogen-bond acceptors (Lipinski definition) is 3. The second-order valence-electron chi connectivity index (χ2n) is 6.88. The van der Waals surface area contributed by atoms with Gasteiger partial charge in [-0.05, 0) is 51.7 Å². The van der Waals surface area contributed by atoms with E-state index in [2.05, 4.69) is 15.9 Å². The first-order valence-electron chi connectivity index (χ1n) is 7.79. The van der Waals surface area contributed by atoms with Crippen LogP contribution < -0.4 is 0 Å². The van der Waals surface area contributed by atoms with E-state index in [4.69, 9.17) is 4.74 Å².